The van der Waals surface area contributed by atoms with E-state index >= 15 is 0 Å². The second-order valence-electron chi connectivity index (χ2n) is 4.02. The number of ether oxygens (including phenoxy) is 1. The van der Waals surface area contributed by atoms with Crippen LogP contribution in [0.25, 0.3) is 0 Å². The van der Waals surface area contributed by atoms with Crippen molar-refractivity contribution in [1.82, 2.24) is 10.2 Å². The molecule has 94 valence electrons. The minimum atomic E-state index is -0.0617. The third-order valence-electron chi connectivity index (χ3n) is 2.25. The summed E-state index contributed by atoms with van der Waals surface area (Å²) in [6.45, 7) is 4.00. The highest BCUT2D eigenvalue weighted by atomic mass is 16.5. The van der Waals surface area contributed by atoms with E-state index in [9.17, 15) is 4.79 Å². The van der Waals surface area contributed by atoms with E-state index < -0.39 is 0 Å². The van der Waals surface area contributed by atoms with Crippen molar-refractivity contribution in [3.63, 3.8) is 0 Å². The predicted octanol–water partition coefficient (Wildman–Crippen LogP) is 1.38. The fourth-order valence-electron chi connectivity index (χ4n) is 1.39. The van der Waals surface area contributed by atoms with Crippen LogP contribution in [0.5, 0.6) is 5.75 Å². The van der Waals surface area contributed by atoms with Gasteiger partial charge >= 0.3 is 0 Å². The third kappa shape index (κ3) is 4.87. The summed E-state index contributed by atoms with van der Waals surface area (Å²) in [5, 5.41) is 2.86. The molecule has 0 saturated heterocycles. The zero-order valence-electron chi connectivity index (χ0n) is 10.7. The number of nitrogens with zero attached hydrogens (tertiary/aromatic N) is 1. The molecule has 0 spiro atoms. The molecule has 4 heteroatoms. The van der Waals surface area contributed by atoms with E-state index in [-0.39, 0.29) is 5.91 Å². The first kappa shape index (κ1) is 13.5. The van der Waals surface area contributed by atoms with Gasteiger partial charge in [0.15, 0.2) is 0 Å². The molecule has 17 heavy (non-hydrogen) atoms. The number of carbonyl (C=O) groups is 1. The van der Waals surface area contributed by atoms with Gasteiger partial charge in [-0.25, -0.2) is 0 Å². The first-order valence-electron chi connectivity index (χ1n) is 5.79. The summed E-state index contributed by atoms with van der Waals surface area (Å²) in [6, 6.07) is 7.22. The molecule has 0 atom stereocenters. The minimum Gasteiger partial charge on any atom is -0.494 e. The lowest BCUT2D eigenvalue weighted by Crippen LogP contribution is -2.31. The van der Waals surface area contributed by atoms with E-state index in [1.807, 2.05) is 38.1 Å². The largest absolute Gasteiger partial charge is 0.494 e. The molecule has 0 fully saturated rings. The van der Waals surface area contributed by atoms with E-state index in [0.29, 0.717) is 18.7 Å². The maximum atomic E-state index is 11.8. The van der Waals surface area contributed by atoms with Crippen molar-refractivity contribution in [2.45, 2.75) is 6.92 Å². The molecule has 1 aromatic rings. The van der Waals surface area contributed by atoms with Gasteiger partial charge in [0.05, 0.1) is 6.61 Å². The molecule has 1 aromatic carbocycles. The van der Waals surface area contributed by atoms with E-state index in [1.165, 1.54) is 0 Å². The molecule has 0 bridgehead atoms. The van der Waals surface area contributed by atoms with Crippen LogP contribution in [0.15, 0.2) is 24.3 Å². The molecule has 0 unspecified atom stereocenters. The Balaban J connectivity index is 2.53. The summed E-state index contributed by atoms with van der Waals surface area (Å²) in [5.41, 5.74) is 0.634. The van der Waals surface area contributed by atoms with Crippen molar-refractivity contribution >= 4 is 5.91 Å². The number of hydrogen-bond acceptors (Lipinski definition) is 3. The molecule has 0 heterocycles. The van der Waals surface area contributed by atoms with Crippen LogP contribution in [-0.4, -0.2) is 44.6 Å². The average molecular weight is 236 g/mol. The smallest absolute Gasteiger partial charge is 0.251 e. The second-order valence-corrected chi connectivity index (χ2v) is 4.02. The lowest BCUT2D eigenvalue weighted by molar-refractivity contribution is 0.0950. The van der Waals surface area contributed by atoms with E-state index in [2.05, 4.69) is 5.32 Å². The predicted molar refractivity (Wildman–Crippen MR) is 68.5 cm³/mol. The van der Waals surface area contributed by atoms with Gasteiger partial charge in [0.2, 0.25) is 0 Å². The zero-order chi connectivity index (χ0) is 12.7. The van der Waals surface area contributed by atoms with Crippen molar-refractivity contribution in [2.75, 3.05) is 33.8 Å². The molecule has 4 nitrogen and oxygen atoms in total. The number of amides is 1. The molecule has 0 aliphatic heterocycles. The van der Waals surface area contributed by atoms with Crippen LogP contribution in [0.3, 0.4) is 0 Å². The fourth-order valence-corrected chi connectivity index (χ4v) is 1.39. The Hall–Kier alpha value is -1.55. The fraction of sp³-hybridized carbons (Fsp3) is 0.462. The van der Waals surface area contributed by atoms with Crippen molar-refractivity contribution < 1.29 is 9.53 Å². The number of rotatable bonds is 6. The van der Waals surface area contributed by atoms with Crippen molar-refractivity contribution in [3.05, 3.63) is 29.8 Å². The molecule has 0 aliphatic rings. The van der Waals surface area contributed by atoms with Crippen molar-refractivity contribution in [3.8, 4) is 5.75 Å². The van der Waals surface area contributed by atoms with Gasteiger partial charge < -0.3 is 15.0 Å². The maximum Gasteiger partial charge on any atom is 0.251 e. The number of likely N-dealkylation sites (N-methyl/N-ethyl adjacent to an activating group) is 1. The Kier molecular flexibility index (Phi) is 5.49. The first-order valence-corrected chi connectivity index (χ1v) is 5.79. The van der Waals surface area contributed by atoms with Crippen LogP contribution >= 0.6 is 0 Å². The number of carbonyl (C=O) groups excluding carboxylic acids is 1. The SMILES string of the molecule is CCOc1cccc(C(=O)NCCN(C)C)c1. The van der Waals surface area contributed by atoms with Gasteiger partial charge in [0.1, 0.15) is 5.75 Å². The maximum absolute atomic E-state index is 11.8. The van der Waals surface area contributed by atoms with Gasteiger partial charge in [-0.3, -0.25) is 4.79 Å². The Morgan fingerprint density at radius 3 is 2.82 bits per heavy atom. The summed E-state index contributed by atoms with van der Waals surface area (Å²) in [6.07, 6.45) is 0. The highest BCUT2D eigenvalue weighted by Crippen LogP contribution is 2.12. The summed E-state index contributed by atoms with van der Waals surface area (Å²) in [4.78, 5) is 13.8. The van der Waals surface area contributed by atoms with Crippen molar-refractivity contribution in [2.24, 2.45) is 0 Å². The lowest BCUT2D eigenvalue weighted by Gasteiger charge is -2.11. The molecule has 0 radical (unpaired) electrons. The highest BCUT2D eigenvalue weighted by molar-refractivity contribution is 5.94. The normalized spacial score (nSPS) is 10.4. The Morgan fingerprint density at radius 2 is 2.18 bits per heavy atom. The van der Waals surface area contributed by atoms with Crippen molar-refractivity contribution in [1.29, 1.82) is 0 Å². The van der Waals surface area contributed by atoms with Crippen LogP contribution in [0, 0.1) is 0 Å². The van der Waals surface area contributed by atoms with Crippen LogP contribution < -0.4 is 10.1 Å². The minimum absolute atomic E-state index is 0.0617. The molecule has 0 saturated carbocycles. The number of nitrogens with one attached hydrogen (secondary N) is 1. The lowest BCUT2D eigenvalue weighted by atomic mass is 10.2. The number of benzene rings is 1. The van der Waals surface area contributed by atoms with Gasteiger partial charge in [-0.2, -0.15) is 0 Å². The van der Waals surface area contributed by atoms with Gasteiger partial charge in [0.25, 0.3) is 5.91 Å². The topological polar surface area (TPSA) is 41.6 Å². The molecular formula is C13H20N2O2. The summed E-state index contributed by atoms with van der Waals surface area (Å²) in [5.74, 6) is 0.668. The van der Waals surface area contributed by atoms with Crippen LogP contribution in [0.1, 0.15) is 17.3 Å². The Bertz CT molecular complexity index is 364. The first-order chi connectivity index (χ1) is 8.13. The average Bonchev–Trinajstić information content (AvgIpc) is 2.29. The van der Waals surface area contributed by atoms with Crippen LogP contribution in [-0.2, 0) is 0 Å². The third-order valence-corrected chi connectivity index (χ3v) is 2.25. The zero-order valence-corrected chi connectivity index (χ0v) is 10.7. The quantitative estimate of drug-likeness (QED) is 0.811. The van der Waals surface area contributed by atoms with E-state index in [1.54, 1.807) is 12.1 Å². The van der Waals surface area contributed by atoms with Gasteiger partial charge in [0, 0.05) is 18.7 Å². The Morgan fingerprint density at radius 1 is 1.41 bits per heavy atom. The molecule has 1 rings (SSSR count). The van der Waals surface area contributed by atoms with Gasteiger partial charge in [-0.15, -0.1) is 0 Å². The van der Waals surface area contributed by atoms with E-state index in [0.717, 1.165) is 12.3 Å². The monoisotopic (exact) mass is 236 g/mol. The van der Waals surface area contributed by atoms with Gasteiger partial charge in [-0.1, -0.05) is 6.07 Å². The molecule has 0 aromatic heterocycles. The molecule has 0 aliphatic carbocycles. The Labute approximate surface area is 103 Å². The number of hydrogen-bond donors (Lipinski definition) is 1. The standard InChI is InChI=1S/C13H20N2O2/c1-4-17-12-7-5-6-11(10-12)13(16)14-8-9-15(2)3/h5-7,10H,4,8-9H2,1-3H3,(H,14,16). The molecule has 1 amide bonds. The van der Waals surface area contributed by atoms with E-state index in [4.69, 9.17) is 4.74 Å². The summed E-state index contributed by atoms with van der Waals surface area (Å²) < 4.78 is 5.35. The molecular weight excluding hydrogens is 216 g/mol. The van der Waals surface area contributed by atoms with Gasteiger partial charge in [-0.05, 0) is 39.2 Å². The highest BCUT2D eigenvalue weighted by Gasteiger charge is 2.05. The summed E-state index contributed by atoms with van der Waals surface area (Å²) in [7, 11) is 3.95. The summed E-state index contributed by atoms with van der Waals surface area (Å²) >= 11 is 0. The van der Waals surface area contributed by atoms with Crippen LogP contribution in [0.2, 0.25) is 0 Å². The molecule has 1 N–H and O–H groups in total. The second kappa shape index (κ2) is 6.91. The van der Waals surface area contributed by atoms with Crippen LogP contribution in [0.4, 0.5) is 0 Å².